The van der Waals surface area contributed by atoms with E-state index in [0.717, 1.165) is 60.6 Å². The fourth-order valence-electron chi connectivity index (χ4n) is 3.91. The minimum Gasteiger partial charge on any atom is -0.368 e. The number of halogens is 2. The predicted octanol–water partition coefficient (Wildman–Crippen LogP) is 2.20. The van der Waals surface area contributed by atoms with Crippen LogP contribution in [0.3, 0.4) is 0 Å². The summed E-state index contributed by atoms with van der Waals surface area (Å²) >= 11 is 0. The second-order valence-corrected chi connectivity index (χ2v) is 8.02. The highest BCUT2D eigenvalue weighted by molar-refractivity contribution is 5.92. The molecular formula is C23H26F2N6O2. The number of amides is 1. The summed E-state index contributed by atoms with van der Waals surface area (Å²) in [4.78, 5) is 40.0. The van der Waals surface area contributed by atoms with Gasteiger partial charge in [-0.1, -0.05) is 6.92 Å². The normalized spacial score (nSPS) is 14.7. The van der Waals surface area contributed by atoms with Crippen LogP contribution in [0.25, 0.3) is 11.0 Å². The van der Waals surface area contributed by atoms with Crippen molar-refractivity contribution in [2.75, 3.05) is 37.6 Å². The van der Waals surface area contributed by atoms with Gasteiger partial charge in [0.15, 0.2) is 0 Å². The van der Waals surface area contributed by atoms with Crippen molar-refractivity contribution in [3.63, 3.8) is 0 Å². The van der Waals surface area contributed by atoms with E-state index in [2.05, 4.69) is 30.1 Å². The Morgan fingerprint density at radius 1 is 1.15 bits per heavy atom. The van der Waals surface area contributed by atoms with Crippen LogP contribution in [0.4, 0.5) is 14.5 Å². The van der Waals surface area contributed by atoms with Crippen molar-refractivity contribution >= 4 is 22.6 Å². The first-order valence-corrected chi connectivity index (χ1v) is 10.9. The third-order valence-corrected chi connectivity index (χ3v) is 5.75. The van der Waals surface area contributed by atoms with Gasteiger partial charge >= 0.3 is 0 Å². The van der Waals surface area contributed by atoms with Crippen LogP contribution < -0.4 is 15.8 Å². The monoisotopic (exact) mass is 456 g/mol. The molecule has 4 rings (SSSR count). The molecule has 1 amide bonds. The number of anilines is 1. The first-order chi connectivity index (χ1) is 15.9. The molecule has 33 heavy (non-hydrogen) atoms. The van der Waals surface area contributed by atoms with Crippen molar-refractivity contribution in [3.8, 4) is 0 Å². The van der Waals surface area contributed by atoms with Crippen molar-refractivity contribution in [1.29, 1.82) is 0 Å². The van der Waals surface area contributed by atoms with Gasteiger partial charge < -0.3 is 15.2 Å². The van der Waals surface area contributed by atoms with E-state index in [4.69, 9.17) is 0 Å². The minimum atomic E-state index is -2.59. The number of carbonyl (C=O) groups is 1. The van der Waals surface area contributed by atoms with E-state index in [-0.39, 0.29) is 11.3 Å². The van der Waals surface area contributed by atoms with Gasteiger partial charge in [0.1, 0.15) is 5.69 Å². The lowest BCUT2D eigenvalue weighted by Gasteiger charge is -2.36. The topological polar surface area (TPSA) is 94.2 Å². The third-order valence-electron chi connectivity index (χ3n) is 5.75. The van der Waals surface area contributed by atoms with Crippen LogP contribution in [-0.4, -0.2) is 64.9 Å². The largest absolute Gasteiger partial charge is 0.368 e. The lowest BCUT2D eigenvalue weighted by atomic mass is 10.1. The lowest BCUT2D eigenvalue weighted by Crippen LogP contribution is -2.46. The molecule has 0 radical (unpaired) electrons. The van der Waals surface area contributed by atoms with Gasteiger partial charge in [0.05, 0.1) is 29.5 Å². The first kappa shape index (κ1) is 22.8. The van der Waals surface area contributed by atoms with Gasteiger partial charge in [-0.2, -0.15) is 0 Å². The van der Waals surface area contributed by atoms with Gasteiger partial charge in [0, 0.05) is 44.5 Å². The molecule has 0 saturated carbocycles. The van der Waals surface area contributed by atoms with Gasteiger partial charge in [0.2, 0.25) is 0 Å². The molecule has 174 valence electrons. The van der Waals surface area contributed by atoms with E-state index in [9.17, 15) is 18.4 Å². The molecule has 0 aromatic carbocycles. The summed E-state index contributed by atoms with van der Waals surface area (Å²) in [6, 6.07) is 7.16. The number of nitrogens with one attached hydrogen (secondary N) is 2. The summed E-state index contributed by atoms with van der Waals surface area (Å²) in [5.74, 6) is -0.608. The van der Waals surface area contributed by atoms with Gasteiger partial charge in [-0.05, 0) is 36.2 Å². The molecule has 3 aromatic heterocycles. The average molecular weight is 456 g/mol. The Morgan fingerprint density at radius 2 is 1.94 bits per heavy atom. The van der Waals surface area contributed by atoms with Crippen LogP contribution in [0.2, 0.25) is 0 Å². The molecule has 3 aromatic rings. The number of carbonyl (C=O) groups excluding carboxylic acids is 1. The smallest absolute Gasteiger partial charge is 0.270 e. The summed E-state index contributed by atoms with van der Waals surface area (Å²) in [5, 5.41) is 2.15. The number of rotatable bonds is 7. The van der Waals surface area contributed by atoms with Crippen LogP contribution in [0, 0.1) is 0 Å². The maximum atomic E-state index is 12.2. The number of nitrogens with zero attached hydrogens (tertiary/aromatic N) is 4. The van der Waals surface area contributed by atoms with Crippen LogP contribution in [-0.2, 0) is 13.0 Å². The molecule has 2 N–H and O–H groups in total. The van der Waals surface area contributed by atoms with Gasteiger partial charge in [-0.3, -0.25) is 19.5 Å². The third kappa shape index (κ3) is 5.51. The average Bonchev–Trinajstić information content (AvgIpc) is 2.82. The standard InChI is InChI=1S/C23H26F2N6O2/c1-2-16-10-19-20(29-22(16)32)9-15(11-26-19)14-30-5-7-31(8-6-30)17-3-4-18(27-12-17)23(33)28-13-21(24)25/h3-4,9-12,21H,2,5-8,13-14H2,1H3,(H,28,33)(H,29,32). The second kappa shape index (κ2) is 10.0. The summed E-state index contributed by atoms with van der Waals surface area (Å²) < 4.78 is 24.5. The predicted molar refractivity (Wildman–Crippen MR) is 122 cm³/mol. The van der Waals surface area contributed by atoms with Crippen molar-refractivity contribution in [2.24, 2.45) is 0 Å². The Morgan fingerprint density at radius 3 is 2.61 bits per heavy atom. The Kier molecular flexibility index (Phi) is 6.93. The van der Waals surface area contributed by atoms with Crippen LogP contribution in [0.5, 0.6) is 0 Å². The first-order valence-electron chi connectivity index (χ1n) is 10.9. The fourth-order valence-corrected chi connectivity index (χ4v) is 3.91. The van der Waals surface area contributed by atoms with Crippen molar-refractivity contribution in [1.82, 2.24) is 25.2 Å². The molecular weight excluding hydrogens is 430 g/mol. The molecule has 8 nitrogen and oxygen atoms in total. The fraction of sp³-hybridized carbons (Fsp3) is 0.391. The zero-order valence-electron chi connectivity index (χ0n) is 18.4. The number of H-pyrrole nitrogens is 1. The highest BCUT2D eigenvalue weighted by atomic mass is 19.3. The molecule has 0 atom stereocenters. The molecule has 0 aliphatic carbocycles. The van der Waals surface area contributed by atoms with Crippen LogP contribution in [0.1, 0.15) is 28.5 Å². The number of piperazine rings is 1. The number of aromatic nitrogens is 3. The van der Waals surface area contributed by atoms with Crippen LogP contribution >= 0.6 is 0 Å². The minimum absolute atomic E-state index is 0.0660. The number of aryl methyl sites for hydroxylation is 1. The molecule has 1 fully saturated rings. The highest BCUT2D eigenvalue weighted by Gasteiger charge is 2.19. The highest BCUT2D eigenvalue weighted by Crippen LogP contribution is 2.18. The van der Waals surface area contributed by atoms with E-state index in [0.29, 0.717) is 6.42 Å². The summed E-state index contributed by atoms with van der Waals surface area (Å²) in [6.07, 6.45) is 1.53. The van der Waals surface area contributed by atoms with E-state index >= 15 is 0 Å². The molecule has 0 unspecified atom stereocenters. The number of hydrogen-bond donors (Lipinski definition) is 2. The van der Waals surface area contributed by atoms with E-state index < -0.39 is 18.9 Å². The molecule has 1 aliphatic rings. The maximum Gasteiger partial charge on any atom is 0.270 e. The lowest BCUT2D eigenvalue weighted by molar-refractivity contribution is 0.0887. The Bertz CT molecular complexity index is 1170. The Balaban J connectivity index is 1.33. The Hall–Kier alpha value is -3.40. The van der Waals surface area contributed by atoms with Crippen LogP contribution in [0.15, 0.2) is 41.5 Å². The number of aromatic amines is 1. The van der Waals surface area contributed by atoms with Gasteiger partial charge in [0.25, 0.3) is 17.9 Å². The van der Waals surface area contributed by atoms with E-state index in [1.807, 2.05) is 25.3 Å². The van der Waals surface area contributed by atoms with E-state index in [1.165, 1.54) is 0 Å². The molecule has 4 heterocycles. The van der Waals surface area contributed by atoms with E-state index in [1.54, 1.807) is 18.3 Å². The van der Waals surface area contributed by atoms with Crippen molar-refractivity contribution in [2.45, 2.75) is 26.3 Å². The molecule has 1 aliphatic heterocycles. The molecule has 1 saturated heterocycles. The summed E-state index contributed by atoms with van der Waals surface area (Å²) in [7, 11) is 0. The summed E-state index contributed by atoms with van der Waals surface area (Å²) in [5.41, 5.74) is 4.24. The van der Waals surface area contributed by atoms with Gasteiger partial charge in [-0.15, -0.1) is 0 Å². The Labute approximate surface area is 189 Å². The summed E-state index contributed by atoms with van der Waals surface area (Å²) in [6.45, 7) is 5.23. The molecule has 10 heteroatoms. The zero-order chi connectivity index (χ0) is 23.4. The SMILES string of the molecule is CCc1cc2ncc(CN3CCN(c4ccc(C(=O)NCC(F)F)nc4)CC3)cc2[nH]c1=O. The number of fused-ring (bicyclic) bond motifs is 1. The maximum absolute atomic E-state index is 12.2. The number of pyridine rings is 3. The number of hydrogen-bond acceptors (Lipinski definition) is 6. The second-order valence-electron chi connectivity index (χ2n) is 8.02. The quantitative estimate of drug-likeness (QED) is 0.566. The van der Waals surface area contributed by atoms with Crippen molar-refractivity contribution in [3.05, 3.63) is 63.8 Å². The van der Waals surface area contributed by atoms with Gasteiger partial charge in [-0.25, -0.2) is 13.8 Å². The number of alkyl halides is 2. The van der Waals surface area contributed by atoms with Crippen molar-refractivity contribution < 1.29 is 13.6 Å². The molecule has 0 bridgehead atoms. The molecule has 0 spiro atoms. The zero-order valence-corrected chi connectivity index (χ0v) is 18.4.